The Morgan fingerprint density at radius 2 is 1.48 bits per heavy atom. The van der Waals surface area contributed by atoms with Crippen molar-refractivity contribution in [3.8, 4) is 0 Å². The monoisotopic (exact) mass is 279 g/mol. The standard InChI is InChI=1S/C20H25N/c1-17-5-4-6-19(15-17)10-7-18-8-11-20(12-9-18)16-21-13-2-3-14-21/h4-6,8-9,11-12,15H,2-3,7,10,13-14,16H2,1H3. The molecule has 1 aliphatic heterocycles. The second-order valence-corrected chi connectivity index (χ2v) is 6.29. The molecule has 21 heavy (non-hydrogen) atoms. The maximum Gasteiger partial charge on any atom is 0.0233 e. The molecule has 0 spiro atoms. The first-order valence-electron chi connectivity index (χ1n) is 8.15. The van der Waals surface area contributed by atoms with Crippen LogP contribution in [0.5, 0.6) is 0 Å². The maximum absolute atomic E-state index is 2.56. The summed E-state index contributed by atoms with van der Waals surface area (Å²) in [6, 6.07) is 18.1. The fourth-order valence-corrected chi connectivity index (χ4v) is 3.17. The topological polar surface area (TPSA) is 3.24 Å². The highest BCUT2D eigenvalue weighted by Crippen LogP contribution is 2.14. The molecule has 0 bridgehead atoms. The summed E-state index contributed by atoms with van der Waals surface area (Å²) in [6.45, 7) is 5.83. The summed E-state index contributed by atoms with van der Waals surface area (Å²) in [7, 11) is 0. The lowest BCUT2D eigenvalue weighted by atomic mass is 10.0. The van der Waals surface area contributed by atoms with Crippen molar-refractivity contribution in [2.45, 2.75) is 39.2 Å². The van der Waals surface area contributed by atoms with E-state index in [0.717, 1.165) is 19.4 Å². The minimum Gasteiger partial charge on any atom is -0.299 e. The highest BCUT2D eigenvalue weighted by Gasteiger charge is 2.11. The van der Waals surface area contributed by atoms with Gasteiger partial charge in [0.2, 0.25) is 0 Å². The van der Waals surface area contributed by atoms with Crippen LogP contribution in [-0.2, 0) is 19.4 Å². The molecule has 0 atom stereocenters. The Morgan fingerprint density at radius 3 is 2.19 bits per heavy atom. The molecular weight excluding hydrogens is 254 g/mol. The molecule has 2 aromatic rings. The van der Waals surface area contributed by atoms with Crippen LogP contribution >= 0.6 is 0 Å². The zero-order chi connectivity index (χ0) is 14.5. The molecule has 0 aromatic heterocycles. The normalized spacial score (nSPS) is 15.5. The van der Waals surface area contributed by atoms with Gasteiger partial charge in [-0.05, 0) is 62.4 Å². The van der Waals surface area contributed by atoms with E-state index in [2.05, 4.69) is 60.4 Å². The van der Waals surface area contributed by atoms with Gasteiger partial charge in [-0.2, -0.15) is 0 Å². The van der Waals surface area contributed by atoms with Crippen LogP contribution in [0.15, 0.2) is 48.5 Å². The second-order valence-electron chi connectivity index (χ2n) is 6.29. The van der Waals surface area contributed by atoms with Crippen LogP contribution in [-0.4, -0.2) is 18.0 Å². The smallest absolute Gasteiger partial charge is 0.0233 e. The zero-order valence-corrected chi connectivity index (χ0v) is 13.0. The first kappa shape index (κ1) is 14.3. The van der Waals surface area contributed by atoms with E-state index >= 15 is 0 Å². The van der Waals surface area contributed by atoms with E-state index in [1.165, 1.54) is 48.2 Å². The van der Waals surface area contributed by atoms with E-state index in [9.17, 15) is 0 Å². The lowest BCUT2D eigenvalue weighted by Crippen LogP contribution is -2.18. The lowest BCUT2D eigenvalue weighted by molar-refractivity contribution is 0.331. The Balaban J connectivity index is 1.54. The Hall–Kier alpha value is -1.60. The molecule has 3 rings (SSSR count). The third kappa shape index (κ3) is 4.18. The van der Waals surface area contributed by atoms with Crippen molar-refractivity contribution in [2.24, 2.45) is 0 Å². The number of nitrogens with zero attached hydrogens (tertiary/aromatic N) is 1. The molecule has 0 unspecified atom stereocenters. The SMILES string of the molecule is Cc1cccc(CCc2ccc(CN3CCCC3)cc2)c1. The molecule has 0 saturated carbocycles. The molecular formula is C20H25N. The zero-order valence-electron chi connectivity index (χ0n) is 13.0. The van der Waals surface area contributed by atoms with Gasteiger partial charge in [0, 0.05) is 6.54 Å². The number of hydrogen-bond donors (Lipinski definition) is 0. The molecule has 1 saturated heterocycles. The van der Waals surface area contributed by atoms with Crippen molar-refractivity contribution < 1.29 is 0 Å². The van der Waals surface area contributed by atoms with E-state index in [4.69, 9.17) is 0 Å². The van der Waals surface area contributed by atoms with Crippen molar-refractivity contribution in [1.29, 1.82) is 0 Å². The van der Waals surface area contributed by atoms with Crippen LogP contribution < -0.4 is 0 Å². The number of benzene rings is 2. The summed E-state index contributed by atoms with van der Waals surface area (Å²) in [5.41, 5.74) is 5.70. The van der Waals surface area contributed by atoms with Gasteiger partial charge in [0.15, 0.2) is 0 Å². The molecule has 110 valence electrons. The van der Waals surface area contributed by atoms with Crippen LogP contribution in [0.1, 0.15) is 35.1 Å². The van der Waals surface area contributed by atoms with Crippen molar-refractivity contribution >= 4 is 0 Å². The number of likely N-dealkylation sites (tertiary alicyclic amines) is 1. The van der Waals surface area contributed by atoms with Gasteiger partial charge >= 0.3 is 0 Å². The fraction of sp³-hybridized carbons (Fsp3) is 0.400. The predicted molar refractivity (Wildman–Crippen MR) is 89.5 cm³/mol. The predicted octanol–water partition coefficient (Wildman–Crippen LogP) is 4.38. The Labute approximate surface area is 128 Å². The Morgan fingerprint density at radius 1 is 0.810 bits per heavy atom. The summed E-state index contributed by atoms with van der Waals surface area (Å²) in [5.74, 6) is 0. The van der Waals surface area contributed by atoms with Crippen LogP contribution in [0.3, 0.4) is 0 Å². The maximum atomic E-state index is 2.56. The quantitative estimate of drug-likeness (QED) is 0.785. The van der Waals surface area contributed by atoms with E-state index in [-0.39, 0.29) is 0 Å². The summed E-state index contributed by atoms with van der Waals surface area (Å²) in [4.78, 5) is 2.56. The van der Waals surface area contributed by atoms with Gasteiger partial charge in [-0.1, -0.05) is 54.1 Å². The minimum atomic E-state index is 1.12. The van der Waals surface area contributed by atoms with Gasteiger partial charge in [-0.3, -0.25) is 4.90 Å². The van der Waals surface area contributed by atoms with E-state index in [1.807, 2.05) is 0 Å². The summed E-state index contributed by atoms with van der Waals surface area (Å²) < 4.78 is 0. The van der Waals surface area contributed by atoms with E-state index < -0.39 is 0 Å². The number of hydrogen-bond acceptors (Lipinski definition) is 1. The van der Waals surface area contributed by atoms with Gasteiger partial charge < -0.3 is 0 Å². The number of rotatable bonds is 5. The first-order valence-corrected chi connectivity index (χ1v) is 8.15. The van der Waals surface area contributed by atoms with Crippen molar-refractivity contribution in [3.63, 3.8) is 0 Å². The van der Waals surface area contributed by atoms with Gasteiger partial charge in [-0.25, -0.2) is 0 Å². The van der Waals surface area contributed by atoms with Crippen molar-refractivity contribution in [1.82, 2.24) is 4.90 Å². The summed E-state index contributed by atoms with van der Waals surface area (Å²) in [5, 5.41) is 0. The molecule has 0 aliphatic carbocycles. The summed E-state index contributed by atoms with van der Waals surface area (Å²) >= 11 is 0. The Bertz CT molecular complexity index is 565. The van der Waals surface area contributed by atoms with Gasteiger partial charge in [0.1, 0.15) is 0 Å². The molecule has 0 N–H and O–H groups in total. The largest absolute Gasteiger partial charge is 0.299 e. The molecule has 1 aliphatic rings. The minimum absolute atomic E-state index is 1.12. The van der Waals surface area contributed by atoms with Gasteiger partial charge in [0.25, 0.3) is 0 Å². The highest BCUT2D eigenvalue weighted by atomic mass is 15.1. The van der Waals surface area contributed by atoms with Crippen LogP contribution in [0.4, 0.5) is 0 Å². The molecule has 1 heterocycles. The van der Waals surface area contributed by atoms with E-state index in [1.54, 1.807) is 0 Å². The summed E-state index contributed by atoms with van der Waals surface area (Å²) in [6.07, 6.45) is 5.00. The molecule has 2 aromatic carbocycles. The second kappa shape index (κ2) is 6.91. The van der Waals surface area contributed by atoms with E-state index in [0.29, 0.717) is 0 Å². The average molecular weight is 279 g/mol. The number of aryl methyl sites for hydroxylation is 3. The van der Waals surface area contributed by atoms with Crippen molar-refractivity contribution in [2.75, 3.05) is 13.1 Å². The third-order valence-corrected chi connectivity index (χ3v) is 4.41. The molecule has 0 amide bonds. The van der Waals surface area contributed by atoms with Crippen LogP contribution in [0, 0.1) is 6.92 Å². The lowest BCUT2D eigenvalue weighted by Gasteiger charge is -2.14. The average Bonchev–Trinajstić information content (AvgIpc) is 3.00. The Kier molecular flexibility index (Phi) is 4.72. The molecule has 1 nitrogen and oxygen atoms in total. The van der Waals surface area contributed by atoms with Crippen LogP contribution in [0.2, 0.25) is 0 Å². The fourth-order valence-electron chi connectivity index (χ4n) is 3.17. The molecule has 1 heteroatoms. The third-order valence-electron chi connectivity index (χ3n) is 4.41. The molecule has 0 radical (unpaired) electrons. The van der Waals surface area contributed by atoms with Gasteiger partial charge in [-0.15, -0.1) is 0 Å². The highest BCUT2D eigenvalue weighted by molar-refractivity contribution is 5.26. The molecule has 1 fully saturated rings. The first-order chi connectivity index (χ1) is 10.3. The van der Waals surface area contributed by atoms with Crippen LogP contribution in [0.25, 0.3) is 0 Å². The van der Waals surface area contributed by atoms with Gasteiger partial charge in [0.05, 0.1) is 0 Å². The van der Waals surface area contributed by atoms with Crippen molar-refractivity contribution in [3.05, 3.63) is 70.8 Å².